The summed E-state index contributed by atoms with van der Waals surface area (Å²) in [6.45, 7) is 1.88. The normalized spacial score (nSPS) is 13.0. The van der Waals surface area contributed by atoms with Gasteiger partial charge in [0.15, 0.2) is 0 Å². The second-order valence-corrected chi connectivity index (χ2v) is 4.70. The van der Waals surface area contributed by atoms with Gasteiger partial charge in [-0.05, 0) is 36.8 Å². The van der Waals surface area contributed by atoms with E-state index < -0.39 is 11.7 Å². The van der Waals surface area contributed by atoms with Crippen molar-refractivity contribution in [1.82, 2.24) is 0 Å². The maximum absolute atomic E-state index is 13.8. The first-order valence-electron chi connectivity index (χ1n) is 6.60. The minimum absolute atomic E-state index is 0.289. The molecule has 0 aromatic heterocycles. The molecule has 0 aliphatic rings. The quantitative estimate of drug-likeness (QED) is 0.744. The van der Waals surface area contributed by atoms with E-state index in [1.807, 2.05) is 6.92 Å². The molecular weight excluding hydrogens is 282 g/mol. The van der Waals surface area contributed by atoms with Gasteiger partial charge in [-0.3, -0.25) is 0 Å². The smallest absolute Gasteiger partial charge is 0.378 e. The molecule has 5 heteroatoms. The van der Waals surface area contributed by atoms with Crippen molar-refractivity contribution >= 4 is 5.69 Å². The van der Waals surface area contributed by atoms with Crippen LogP contribution in [0.25, 0.3) is 0 Å². The molecule has 0 radical (unpaired) electrons. The monoisotopic (exact) mass is 297 g/mol. The van der Waals surface area contributed by atoms with Crippen LogP contribution in [0.5, 0.6) is 0 Å². The van der Waals surface area contributed by atoms with Gasteiger partial charge in [0.05, 0.1) is 11.6 Å². The molecule has 0 amide bonds. The van der Waals surface area contributed by atoms with Crippen LogP contribution in [0.2, 0.25) is 0 Å². The van der Waals surface area contributed by atoms with Gasteiger partial charge in [-0.2, -0.15) is 13.2 Å². The molecule has 2 aromatic rings. The van der Waals surface area contributed by atoms with E-state index in [1.165, 1.54) is 18.2 Å². The second kappa shape index (κ2) is 6.16. The average molecular weight is 297 g/mol. The maximum Gasteiger partial charge on any atom is 0.416 e. The molecule has 2 aromatic carbocycles. The topological polar surface area (TPSA) is 12.0 Å². The molecule has 2 rings (SSSR count). The van der Waals surface area contributed by atoms with Crippen molar-refractivity contribution in [3.8, 4) is 0 Å². The predicted molar refractivity (Wildman–Crippen MR) is 74.5 cm³/mol. The fraction of sp³-hybridized carbons (Fsp3) is 0.250. The highest BCUT2D eigenvalue weighted by molar-refractivity contribution is 5.47. The largest absolute Gasteiger partial charge is 0.416 e. The summed E-state index contributed by atoms with van der Waals surface area (Å²) >= 11 is 0. The lowest BCUT2D eigenvalue weighted by Crippen LogP contribution is -2.12. The van der Waals surface area contributed by atoms with Crippen molar-refractivity contribution in [1.29, 1.82) is 0 Å². The number of hydrogen-bond donors (Lipinski definition) is 1. The molecule has 1 unspecified atom stereocenters. The summed E-state index contributed by atoms with van der Waals surface area (Å²) in [7, 11) is 0. The summed E-state index contributed by atoms with van der Waals surface area (Å²) in [5, 5.41) is 3.06. The van der Waals surface area contributed by atoms with Crippen LogP contribution in [-0.2, 0) is 6.18 Å². The van der Waals surface area contributed by atoms with Crippen molar-refractivity contribution in [2.75, 3.05) is 5.32 Å². The van der Waals surface area contributed by atoms with Gasteiger partial charge in [-0.15, -0.1) is 0 Å². The Morgan fingerprint density at radius 3 is 2.14 bits per heavy atom. The van der Waals surface area contributed by atoms with E-state index in [4.69, 9.17) is 0 Å². The summed E-state index contributed by atoms with van der Waals surface area (Å²) in [6.07, 6.45) is -3.74. The van der Waals surface area contributed by atoms with Crippen molar-refractivity contribution in [2.24, 2.45) is 0 Å². The van der Waals surface area contributed by atoms with Crippen LogP contribution < -0.4 is 5.32 Å². The molecule has 112 valence electrons. The molecule has 0 heterocycles. The third kappa shape index (κ3) is 3.74. The Balaban J connectivity index is 2.18. The highest BCUT2D eigenvalue weighted by Crippen LogP contribution is 2.31. The molecule has 0 aliphatic carbocycles. The number of alkyl halides is 3. The molecular formula is C16H15F4N. The van der Waals surface area contributed by atoms with Crippen molar-refractivity contribution in [3.05, 3.63) is 65.5 Å². The Bertz CT molecular complexity index is 590. The molecule has 0 saturated heterocycles. The number of anilines is 1. The fourth-order valence-corrected chi connectivity index (χ4v) is 2.11. The van der Waals surface area contributed by atoms with Crippen LogP contribution in [-0.4, -0.2) is 0 Å². The zero-order valence-electron chi connectivity index (χ0n) is 11.4. The Morgan fingerprint density at radius 1 is 1.00 bits per heavy atom. The number of rotatable bonds is 4. The highest BCUT2D eigenvalue weighted by Gasteiger charge is 2.30. The van der Waals surface area contributed by atoms with E-state index in [-0.39, 0.29) is 11.9 Å². The highest BCUT2D eigenvalue weighted by atomic mass is 19.4. The molecule has 0 spiro atoms. The van der Waals surface area contributed by atoms with Gasteiger partial charge in [0, 0.05) is 11.3 Å². The zero-order valence-corrected chi connectivity index (χ0v) is 11.4. The molecule has 0 fully saturated rings. The molecule has 1 nitrogen and oxygen atoms in total. The van der Waals surface area contributed by atoms with Crippen LogP contribution in [0, 0.1) is 5.82 Å². The van der Waals surface area contributed by atoms with E-state index in [1.54, 1.807) is 18.2 Å². The molecule has 0 bridgehead atoms. The van der Waals surface area contributed by atoms with Gasteiger partial charge in [-0.25, -0.2) is 4.39 Å². The van der Waals surface area contributed by atoms with Gasteiger partial charge < -0.3 is 5.32 Å². The van der Waals surface area contributed by atoms with Crippen LogP contribution in [0.4, 0.5) is 23.2 Å². The lowest BCUT2D eigenvalue weighted by atomic mass is 10.0. The first-order valence-corrected chi connectivity index (χ1v) is 6.60. The summed E-state index contributed by atoms with van der Waals surface area (Å²) in [5.41, 5.74) is 0.324. The predicted octanol–water partition coefficient (Wildman–Crippen LogP) is 5.41. The Labute approximate surface area is 120 Å². The molecule has 0 saturated carbocycles. The fourth-order valence-electron chi connectivity index (χ4n) is 2.11. The van der Waals surface area contributed by atoms with Crippen LogP contribution in [0.15, 0.2) is 48.5 Å². The maximum atomic E-state index is 13.8. The minimum atomic E-state index is -4.35. The lowest BCUT2D eigenvalue weighted by molar-refractivity contribution is -0.137. The van der Waals surface area contributed by atoms with E-state index in [2.05, 4.69) is 5.32 Å². The van der Waals surface area contributed by atoms with Gasteiger partial charge in [-0.1, -0.05) is 25.1 Å². The van der Waals surface area contributed by atoms with Gasteiger partial charge in [0.2, 0.25) is 0 Å². The molecule has 0 aliphatic heterocycles. The van der Waals surface area contributed by atoms with E-state index in [9.17, 15) is 17.6 Å². The zero-order chi connectivity index (χ0) is 15.5. The Kier molecular flexibility index (Phi) is 4.50. The summed E-state index contributed by atoms with van der Waals surface area (Å²) in [5.74, 6) is -0.330. The summed E-state index contributed by atoms with van der Waals surface area (Å²) in [4.78, 5) is 0. The van der Waals surface area contributed by atoms with E-state index in [0.29, 0.717) is 17.7 Å². The van der Waals surface area contributed by atoms with Crippen LogP contribution in [0.3, 0.4) is 0 Å². The number of nitrogens with one attached hydrogen (secondary N) is 1. The number of hydrogen-bond acceptors (Lipinski definition) is 1. The van der Waals surface area contributed by atoms with Gasteiger partial charge in [0.25, 0.3) is 0 Å². The number of halogens is 4. The Hall–Kier alpha value is -2.04. The number of benzene rings is 2. The standard InChI is InChI=1S/C16H15F4N/c1-2-15(13-5-3-4-6-14(13)17)21-12-9-7-11(8-10-12)16(18,19)20/h3-10,15,21H,2H2,1H3. The average Bonchev–Trinajstić information content (AvgIpc) is 2.45. The van der Waals surface area contributed by atoms with Gasteiger partial charge in [0.1, 0.15) is 5.82 Å². The van der Waals surface area contributed by atoms with Crippen molar-refractivity contribution in [2.45, 2.75) is 25.6 Å². The first kappa shape index (κ1) is 15.4. The second-order valence-electron chi connectivity index (χ2n) is 4.70. The van der Waals surface area contributed by atoms with Crippen LogP contribution >= 0.6 is 0 Å². The van der Waals surface area contributed by atoms with E-state index >= 15 is 0 Å². The van der Waals surface area contributed by atoms with Crippen LogP contribution in [0.1, 0.15) is 30.5 Å². The third-order valence-electron chi connectivity index (χ3n) is 3.24. The molecule has 1 N–H and O–H groups in total. The molecule has 1 atom stereocenters. The van der Waals surface area contributed by atoms with Crippen molar-refractivity contribution < 1.29 is 17.6 Å². The first-order chi connectivity index (χ1) is 9.91. The third-order valence-corrected chi connectivity index (χ3v) is 3.24. The van der Waals surface area contributed by atoms with Gasteiger partial charge >= 0.3 is 6.18 Å². The van der Waals surface area contributed by atoms with E-state index in [0.717, 1.165) is 12.1 Å². The van der Waals surface area contributed by atoms with Crippen molar-refractivity contribution in [3.63, 3.8) is 0 Å². The molecule has 21 heavy (non-hydrogen) atoms. The Morgan fingerprint density at radius 2 is 1.62 bits per heavy atom. The SMILES string of the molecule is CCC(Nc1ccc(C(F)(F)F)cc1)c1ccccc1F. The summed E-state index contributed by atoms with van der Waals surface area (Å²) < 4.78 is 51.2. The lowest BCUT2D eigenvalue weighted by Gasteiger charge is -2.19. The summed E-state index contributed by atoms with van der Waals surface area (Å²) in [6, 6.07) is 10.8. The minimum Gasteiger partial charge on any atom is -0.378 e.